The van der Waals surface area contributed by atoms with Crippen LogP contribution in [0.25, 0.3) is 0 Å². The smallest absolute Gasteiger partial charge is 0.411 e. The Kier molecular flexibility index (Phi) is 4.52. The minimum atomic E-state index is -0.223. The fraction of sp³-hybridized carbons (Fsp3) is 0.625. The maximum atomic E-state index is 11.4. The van der Waals surface area contributed by atoms with Gasteiger partial charge in [-0.25, -0.2) is 4.79 Å². The van der Waals surface area contributed by atoms with E-state index in [1.807, 2.05) is 24.7 Å². The van der Waals surface area contributed by atoms with Crippen LogP contribution >= 0.6 is 23.5 Å². The molecule has 1 amide bonds. The Balaban J connectivity index is 2.46. The van der Waals surface area contributed by atoms with Gasteiger partial charge in [-0.2, -0.15) is 0 Å². The molecule has 0 aromatic heterocycles. The summed E-state index contributed by atoms with van der Waals surface area (Å²) in [4.78, 5) is 13.1. The number of ether oxygens (including phenoxy) is 1. The standard InChI is InChI=1S/C8H13NO2S2/c1-3-9(7(10)11-4-2)8-12-5-6-13-8/h5-6,8H,3-4H2,1-2H3. The molecule has 1 heterocycles. The lowest BCUT2D eigenvalue weighted by Crippen LogP contribution is -2.36. The van der Waals surface area contributed by atoms with Gasteiger partial charge < -0.3 is 4.74 Å². The second kappa shape index (κ2) is 5.44. The maximum absolute atomic E-state index is 11.4. The molecule has 0 bridgehead atoms. The van der Waals surface area contributed by atoms with E-state index in [2.05, 4.69) is 0 Å². The predicted molar refractivity (Wildman–Crippen MR) is 57.5 cm³/mol. The van der Waals surface area contributed by atoms with Crippen LogP contribution in [0.3, 0.4) is 0 Å². The summed E-state index contributed by atoms with van der Waals surface area (Å²) in [5, 5.41) is 3.99. The molecular weight excluding hydrogens is 206 g/mol. The van der Waals surface area contributed by atoms with Gasteiger partial charge in [0.1, 0.15) is 4.71 Å². The van der Waals surface area contributed by atoms with Gasteiger partial charge in [0.25, 0.3) is 0 Å². The van der Waals surface area contributed by atoms with Gasteiger partial charge in [0, 0.05) is 6.54 Å². The third kappa shape index (κ3) is 2.84. The topological polar surface area (TPSA) is 29.5 Å². The summed E-state index contributed by atoms with van der Waals surface area (Å²) < 4.78 is 5.10. The van der Waals surface area contributed by atoms with Crippen LogP contribution in [0, 0.1) is 0 Å². The zero-order valence-corrected chi connectivity index (χ0v) is 9.36. The van der Waals surface area contributed by atoms with Crippen molar-refractivity contribution in [1.82, 2.24) is 4.90 Å². The Hall–Kier alpha value is -0.290. The van der Waals surface area contributed by atoms with E-state index in [0.29, 0.717) is 13.2 Å². The zero-order chi connectivity index (χ0) is 9.68. The van der Waals surface area contributed by atoms with E-state index in [9.17, 15) is 4.79 Å². The maximum Gasteiger partial charge on any atom is 0.411 e. The van der Waals surface area contributed by atoms with Crippen LogP contribution in [0.15, 0.2) is 10.8 Å². The minimum Gasteiger partial charge on any atom is -0.450 e. The first-order valence-electron chi connectivity index (χ1n) is 4.19. The lowest BCUT2D eigenvalue weighted by Gasteiger charge is -2.24. The van der Waals surface area contributed by atoms with Crippen molar-refractivity contribution in [2.75, 3.05) is 13.2 Å². The second-order valence-corrected chi connectivity index (χ2v) is 4.62. The van der Waals surface area contributed by atoms with Crippen molar-refractivity contribution in [3.05, 3.63) is 10.8 Å². The molecule has 0 fully saturated rings. The number of hydrogen-bond acceptors (Lipinski definition) is 4. The molecule has 5 heteroatoms. The molecule has 0 spiro atoms. The van der Waals surface area contributed by atoms with Gasteiger partial charge >= 0.3 is 6.09 Å². The first-order valence-corrected chi connectivity index (χ1v) is 6.07. The summed E-state index contributed by atoms with van der Waals surface area (Å²) in [5.74, 6) is 0. The fourth-order valence-corrected chi connectivity index (χ4v) is 3.14. The number of rotatable bonds is 3. The van der Waals surface area contributed by atoms with Crippen molar-refractivity contribution in [3.8, 4) is 0 Å². The number of amides is 1. The van der Waals surface area contributed by atoms with Crippen molar-refractivity contribution in [3.63, 3.8) is 0 Å². The number of carbonyl (C=O) groups excluding carboxylic acids is 1. The van der Waals surface area contributed by atoms with Gasteiger partial charge in [0.2, 0.25) is 0 Å². The highest BCUT2D eigenvalue weighted by Crippen LogP contribution is 2.35. The van der Waals surface area contributed by atoms with Gasteiger partial charge in [-0.1, -0.05) is 23.5 Å². The van der Waals surface area contributed by atoms with Crippen molar-refractivity contribution in [2.24, 2.45) is 0 Å². The number of hydrogen-bond donors (Lipinski definition) is 0. The molecule has 0 radical (unpaired) electrons. The monoisotopic (exact) mass is 219 g/mol. The predicted octanol–water partition coefficient (Wildman–Crippen LogP) is 2.70. The van der Waals surface area contributed by atoms with Crippen LogP contribution in [0.4, 0.5) is 4.79 Å². The number of carbonyl (C=O) groups is 1. The van der Waals surface area contributed by atoms with Gasteiger partial charge in [-0.3, -0.25) is 4.90 Å². The van der Waals surface area contributed by atoms with E-state index in [1.54, 1.807) is 28.4 Å². The summed E-state index contributed by atoms with van der Waals surface area (Å²) in [7, 11) is 0. The van der Waals surface area contributed by atoms with Crippen LogP contribution in [-0.2, 0) is 4.74 Å². The molecule has 1 aliphatic heterocycles. The molecule has 0 unspecified atom stereocenters. The molecule has 74 valence electrons. The summed E-state index contributed by atoms with van der Waals surface area (Å²) in [5.41, 5.74) is 0. The average molecular weight is 219 g/mol. The highest BCUT2D eigenvalue weighted by molar-refractivity contribution is 8.22. The second-order valence-electron chi connectivity index (χ2n) is 2.34. The van der Waals surface area contributed by atoms with Gasteiger partial charge in [0.15, 0.2) is 0 Å². The minimum absolute atomic E-state index is 0.157. The molecule has 0 aromatic carbocycles. The Labute approximate surface area is 86.9 Å². The Bertz CT molecular complexity index is 200. The fourth-order valence-electron chi connectivity index (χ4n) is 0.948. The molecule has 0 aromatic rings. The quantitative estimate of drug-likeness (QED) is 0.730. The van der Waals surface area contributed by atoms with Crippen LogP contribution in [0.1, 0.15) is 13.8 Å². The largest absolute Gasteiger partial charge is 0.450 e. The van der Waals surface area contributed by atoms with E-state index in [4.69, 9.17) is 4.74 Å². The van der Waals surface area contributed by atoms with E-state index in [0.717, 1.165) is 0 Å². The Morgan fingerprint density at radius 2 is 2.08 bits per heavy atom. The molecule has 1 rings (SSSR count). The van der Waals surface area contributed by atoms with E-state index >= 15 is 0 Å². The molecule has 0 saturated heterocycles. The molecule has 0 aliphatic carbocycles. The lowest BCUT2D eigenvalue weighted by atomic mass is 10.6. The van der Waals surface area contributed by atoms with E-state index in [1.165, 1.54) is 0 Å². The van der Waals surface area contributed by atoms with Crippen molar-refractivity contribution < 1.29 is 9.53 Å². The molecule has 1 aliphatic rings. The Morgan fingerprint density at radius 1 is 1.46 bits per heavy atom. The number of thioether (sulfide) groups is 2. The summed E-state index contributed by atoms with van der Waals surface area (Å²) in [6, 6.07) is 0. The third-order valence-corrected chi connectivity index (χ3v) is 3.94. The Morgan fingerprint density at radius 3 is 2.54 bits per heavy atom. The lowest BCUT2D eigenvalue weighted by molar-refractivity contribution is 0.113. The van der Waals surface area contributed by atoms with Gasteiger partial charge in [0.05, 0.1) is 6.61 Å². The van der Waals surface area contributed by atoms with Crippen molar-refractivity contribution >= 4 is 29.6 Å². The normalized spacial score (nSPS) is 16.2. The molecule has 3 nitrogen and oxygen atoms in total. The van der Waals surface area contributed by atoms with Crippen LogP contribution in [0.2, 0.25) is 0 Å². The third-order valence-electron chi connectivity index (χ3n) is 1.54. The molecule has 0 atom stereocenters. The summed E-state index contributed by atoms with van der Waals surface area (Å²) in [6.07, 6.45) is -0.223. The SMILES string of the molecule is CCOC(=O)N(CC)C1SC=CS1. The van der Waals surface area contributed by atoms with Gasteiger partial charge in [-0.15, -0.1) is 0 Å². The van der Waals surface area contributed by atoms with Crippen LogP contribution in [0.5, 0.6) is 0 Å². The van der Waals surface area contributed by atoms with Crippen LogP contribution < -0.4 is 0 Å². The van der Waals surface area contributed by atoms with Crippen molar-refractivity contribution in [1.29, 1.82) is 0 Å². The molecule has 13 heavy (non-hydrogen) atoms. The van der Waals surface area contributed by atoms with E-state index < -0.39 is 0 Å². The number of nitrogens with zero attached hydrogens (tertiary/aromatic N) is 1. The molecule has 0 N–H and O–H groups in total. The van der Waals surface area contributed by atoms with E-state index in [-0.39, 0.29) is 10.8 Å². The zero-order valence-electron chi connectivity index (χ0n) is 7.73. The molecular formula is C8H13NO2S2. The molecule has 0 saturated carbocycles. The van der Waals surface area contributed by atoms with Gasteiger partial charge in [-0.05, 0) is 24.7 Å². The first kappa shape index (κ1) is 10.8. The van der Waals surface area contributed by atoms with Crippen molar-refractivity contribution in [2.45, 2.75) is 18.6 Å². The first-order chi connectivity index (χ1) is 6.29. The average Bonchev–Trinajstić information content (AvgIpc) is 2.59. The summed E-state index contributed by atoms with van der Waals surface area (Å²) in [6.45, 7) is 4.89. The highest BCUT2D eigenvalue weighted by Gasteiger charge is 2.24. The highest BCUT2D eigenvalue weighted by atomic mass is 32.2. The van der Waals surface area contributed by atoms with Crippen LogP contribution in [-0.4, -0.2) is 28.9 Å². The summed E-state index contributed by atoms with van der Waals surface area (Å²) >= 11 is 3.27.